The Bertz CT molecular complexity index is 840. The first kappa shape index (κ1) is 18.6. The molecule has 0 saturated carbocycles. The van der Waals surface area contributed by atoms with E-state index >= 15 is 0 Å². The van der Waals surface area contributed by atoms with E-state index in [1.807, 2.05) is 36.4 Å². The highest BCUT2D eigenvalue weighted by Crippen LogP contribution is 2.31. The van der Waals surface area contributed by atoms with Gasteiger partial charge in [0.05, 0.1) is 10.8 Å². The van der Waals surface area contributed by atoms with E-state index < -0.39 is 6.10 Å². The number of hydrogen-bond donors (Lipinski definition) is 0. The minimum Gasteiger partial charge on any atom is -0.485 e. The Kier molecular flexibility index (Phi) is 5.66. The lowest BCUT2D eigenvalue weighted by Crippen LogP contribution is -2.55. The van der Waals surface area contributed by atoms with Crippen LogP contribution in [0.3, 0.4) is 0 Å². The van der Waals surface area contributed by atoms with Gasteiger partial charge in [0.2, 0.25) is 12.0 Å². The number of ether oxygens (including phenoxy) is 2. The SMILES string of the molecule is O=C(CSc1ccccn1)N1CCN(C(=O)[C@@H]2COc3ccccc3O2)CC1. The van der Waals surface area contributed by atoms with Crippen LogP contribution in [0.4, 0.5) is 0 Å². The molecule has 1 atom stereocenters. The summed E-state index contributed by atoms with van der Waals surface area (Å²) in [5, 5.41) is 0.833. The van der Waals surface area contributed by atoms with Crippen LogP contribution in [0.15, 0.2) is 53.7 Å². The van der Waals surface area contributed by atoms with Gasteiger partial charge in [-0.3, -0.25) is 9.59 Å². The molecule has 1 aromatic carbocycles. The van der Waals surface area contributed by atoms with E-state index in [1.54, 1.807) is 22.1 Å². The van der Waals surface area contributed by atoms with Gasteiger partial charge in [-0.05, 0) is 24.3 Å². The molecule has 2 aliphatic rings. The minimum absolute atomic E-state index is 0.0638. The number of pyridine rings is 1. The molecular formula is C20H21N3O4S. The third kappa shape index (κ3) is 4.22. The third-order valence-corrected chi connectivity index (χ3v) is 5.64. The van der Waals surface area contributed by atoms with Crippen LogP contribution < -0.4 is 9.47 Å². The van der Waals surface area contributed by atoms with Gasteiger partial charge in [-0.2, -0.15) is 0 Å². The largest absolute Gasteiger partial charge is 0.485 e. The van der Waals surface area contributed by atoms with Crippen molar-refractivity contribution in [1.82, 2.24) is 14.8 Å². The standard InChI is InChI=1S/C20H21N3O4S/c24-19(14-28-18-7-3-4-8-21-18)22-9-11-23(12-10-22)20(25)17-13-26-15-5-1-2-6-16(15)27-17/h1-8,17H,9-14H2/t17-/m0/s1. The van der Waals surface area contributed by atoms with Gasteiger partial charge in [-0.1, -0.05) is 30.0 Å². The topological polar surface area (TPSA) is 72.0 Å². The van der Waals surface area contributed by atoms with Gasteiger partial charge in [0.1, 0.15) is 6.61 Å². The molecule has 28 heavy (non-hydrogen) atoms. The molecule has 0 N–H and O–H groups in total. The first-order valence-corrected chi connectivity index (χ1v) is 10.2. The molecule has 0 bridgehead atoms. The van der Waals surface area contributed by atoms with Gasteiger partial charge in [-0.25, -0.2) is 4.98 Å². The second-order valence-electron chi connectivity index (χ2n) is 6.53. The van der Waals surface area contributed by atoms with E-state index in [9.17, 15) is 9.59 Å². The number of benzene rings is 1. The maximum absolute atomic E-state index is 12.8. The molecule has 3 heterocycles. The van der Waals surface area contributed by atoms with E-state index in [0.717, 1.165) is 5.03 Å². The fourth-order valence-electron chi connectivity index (χ4n) is 3.18. The van der Waals surface area contributed by atoms with Crippen molar-refractivity contribution in [1.29, 1.82) is 0 Å². The molecule has 0 aliphatic carbocycles. The van der Waals surface area contributed by atoms with Crippen molar-refractivity contribution in [3.05, 3.63) is 48.7 Å². The third-order valence-electron chi connectivity index (χ3n) is 4.71. The molecule has 146 valence electrons. The fourth-order valence-corrected chi connectivity index (χ4v) is 3.94. The summed E-state index contributed by atoms with van der Waals surface area (Å²) in [4.78, 5) is 32.9. The van der Waals surface area contributed by atoms with Crippen LogP contribution in [0.5, 0.6) is 11.5 Å². The number of amides is 2. The molecule has 2 aromatic rings. The zero-order chi connectivity index (χ0) is 19.3. The lowest BCUT2D eigenvalue weighted by atomic mass is 10.2. The minimum atomic E-state index is -0.642. The van der Waals surface area contributed by atoms with Crippen LogP contribution in [-0.4, -0.2) is 71.2 Å². The number of hydrogen-bond acceptors (Lipinski definition) is 6. The molecule has 1 saturated heterocycles. The summed E-state index contributed by atoms with van der Waals surface area (Å²) < 4.78 is 11.4. The van der Waals surface area contributed by atoms with Gasteiger partial charge in [-0.15, -0.1) is 0 Å². The summed E-state index contributed by atoms with van der Waals surface area (Å²) in [6.07, 6.45) is 1.07. The van der Waals surface area contributed by atoms with E-state index in [1.165, 1.54) is 11.8 Å². The van der Waals surface area contributed by atoms with Crippen molar-refractivity contribution in [3.63, 3.8) is 0 Å². The van der Waals surface area contributed by atoms with Crippen LogP contribution in [0, 0.1) is 0 Å². The van der Waals surface area contributed by atoms with Gasteiger partial charge in [0.25, 0.3) is 5.91 Å². The molecule has 4 rings (SSSR count). The van der Waals surface area contributed by atoms with Crippen LogP contribution in [0.1, 0.15) is 0 Å². The van der Waals surface area contributed by atoms with Crippen LogP contribution >= 0.6 is 11.8 Å². The summed E-state index contributed by atoms with van der Waals surface area (Å²) in [6, 6.07) is 13.0. The van der Waals surface area contributed by atoms with E-state index in [-0.39, 0.29) is 18.4 Å². The first-order valence-electron chi connectivity index (χ1n) is 9.19. The predicted octanol–water partition coefficient (Wildman–Crippen LogP) is 1.68. The smallest absolute Gasteiger partial charge is 0.267 e. The highest BCUT2D eigenvalue weighted by Gasteiger charge is 2.33. The second kappa shape index (κ2) is 8.52. The van der Waals surface area contributed by atoms with Crippen molar-refractivity contribution in [2.45, 2.75) is 11.1 Å². The maximum atomic E-state index is 12.8. The lowest BCUT2D eigenvalue weighted by Gasteiger charge is -2.37. The molecule has 0 spiro atoms. The molecule has 8 heteroatoms. The Morgan fingerprint density at radius 1 is 1.00 bits per heavy atom. The predicted molar refractivity (Wildman–Crippen MR) is 104 cm³/mol. The van der Waals surface area contributed by atoms with Crippen LogP contribution in [-0.2, 0) is 9.59 Å². The summed E-state index contributed by atoms with van der Waals surface area (Å²) in [5.74, 6) is 1.57. The lowest BCUT2D eigenvalue weighted by molar-refractivity contribution is -0.145. The number of thioether (sulfide) groups is 1. The van der Waals surface area contributed by atoms with Gasteiger partial charge in [0, 0.05) is 32.4 Å². The Hall–Kier alpha value is -2.74. The number of rotatable bonds is 4. The molecular weight excluding hydrogens is 378 g/mol. The average Bonchev–Trinajstić information content (AvgIpc) is 2.77. The number of carbonyl (C=O) groups excluding carboxylic acids is 2. The highest BCUT2D eigenvalue weighted by atomic mass is 32.2. The highest BCUT2D eigenvalue weighted by molar-refractivity contribution is 7.99. The quantitative estimate of drug-likeness (QED) is 0.729. The van der Waals surface area contributed by atoms with E-state index in [4.69, 9.17) is 9.47 Å². The zero-order valence-electron chi connectivity index (χ0n) is 15.3. The Balaban J connectivity index is 1.26. The number of piperazine rings is 1. The normalized spacial score (nSPS) is 18.6. The summed E-state index contributed by atoms with van der Waals surface area (Å²) in [7, 11) is 0. The van der Waals surface area contributed by atoms with Crippen LogP contribution in [0.25, 0.3) is 0 Å². The van der Waals surface area contributed by atoms with Gasteiger partial charge < -0.3 is 19.3 Å². The number of carbonyl (C=O) groups is 2. The van der Waals surface area contributed by atoms with Crippen molar-refractivity contribution < 1.29 is 19.1 Å². The molecule has 0 unspecified atom stereocenters. The number of aromatic nitrogens is 1. The Morgan fingerprint density at radius 3 is 2.46 bits per heavy atom. The average molecular weight is 399 g/mol. The van der Waals surface area contributed by atoms with E-state index in [2.05, 4.69) is 4.98 Å². The molecule has 2 aliphatic heterocycles. The molecule has 1 fully saturated rings. The molecule has 0 radical (unpaired) electrons. The Morgan fingerprint density at radius 2 is 1.71 bits per heavy atom. The summed E-state index contributed by atoms with van der Waals surface area (Å²) in [5.41, 5.74) is 0. The van der Waals surface area contributed by atoms with E-state index in [0.29, 0.717) is 43.4 Å². The summed E-state index contributed by atoms with van der Waals surface area (Å²) in [6.45, 7) is 2.26. The first-order chi connectivity index (χ1) is 13.7. The van der Waals surface area contributed by atoms with Crippen molar-refractivity contribution in [2.75, 3.05) is 38.5 Å². The zero-order valence-corrected chi connectivity index (χ0v) is 16.1. The molecule has 2 amide bonds. The van der Waals surface area contributed by atoms with Gasteiger partial charge in [0.15, 0.2) is 11.5 Å². The number of nitrogens with zero attached hydrogens (tertiary/aromatic N) is 3. The Labute approximate surface area is 167 Å². The van der Waals surface area contributed by atoms with Crippen molar-refractivity contribution in [2.24, 2.45) is 0 Å². The fraction of sp³-hybridized carbons (Fsp3) is 0.350. The van der Waals surface area contributed by atoms with Crippen molar-refractivity contribution in [3.8, 4) is 11.5 Å². The molecule has 1 aromatic heterocycles. The monoisotopic (exact) mass is 399 g/mol. The second-order valence-corrected chi connectivity index (χ2v) is 7.52. The number of para-hydroxylation sites is 2. The number of fused-ring (bicyclic) bond motifs is 1. The van der Waals surface area contributed by atoms with Crippen molar-refractivity contribution >= 4 is 23.6 Å². The molecule has 7 nitrogen and oxygen atoms in total. The maximum Gasteiger partial charge on any atom is 0.267 e. The van der Waals surface area contributed by atoms with Gasteiger partial charge >= 0.3 is 0 Å². The van der Waals surface area contributed by atoms with Crippen LogP contribution in [0.2, 0.25) is 0 Å². The summed E-state index contributed by atoms with van der Waals surface area (Å²) >= 11 is 1.43.